The molecule has 21 heavy (non-hydrogen) atoms. The first-order chi connectivity index (χ1) is 10.3. The molecule has 0 aliphatic heterocycles. The van der Waals surface area contributed by atoms with Crippen molar-refractivity contribution in [2.75, 3.05) is 6.61 Å². The number of benzene rings is 2. The van der Waals surface area contributed by atoms with Gasteiger partial charge in [-0.3, -0.25) is 0 Å². The molecule has 0 fully saturated rings. The van der Waals surface area contributed by atoms with E-state index in [0.29, 0.717) is 24.0 Å². The number of rotatable bonds is 5. The Balaban J connectivity index is 1.57. The third-order valence-corrected chi connectivity index (χ3v) is 3.11. The van der Waals surface area contributed by atoms with E-state index in [-0.39, 0.29) is 0 Å². The Morgan fingerprint density at radius 3 is 2.52 bits per heavy atom. The lowest BCUT2D eigenvalue weighted by Crippen LogP contribution is -2.11. The summed E-state index contributed by atoms with van der Waals surface area (Å²) in [6, 6.07) is 17.0. The highest BCUT2D eigenvalue weighted by Crippen LogP contribution is 2.15. The van der Waals surface area contributed by atoms with Gasteiger partial charge in [0, 0.05) is 10.6 Å². The van der Waals surface area contributed by atoms with Gasteiger partial charge in [-0.15, -0.1) is 10.2 Å². The lowest BCUT2D eigenvalue weighted by Gasteiger charge is -2.04. The summed E-state index contributed by atoms with van der Waals surface area (Å²) in [6.07, 6.45) is 0. The number of tetrazole rings is 1. The summed E-state index contributed by atoms with van der Waals surface area (Å²) < 4.78 is 5.59. The average Bonchev–Trinajstić information content (AvgIpc) is 2.99. The number of ether oxygens (including phenoxy) is 1. The third-order valence-electron chi connectivity index (χ3n) is 2.86. The monoisotopic (exact) mass is 300 g/mol. The summed E-state index contributed by atoms with van der Waals surface area (Å²) >= 11 is 5.81. The molecule has 0 atom stereocenters. The highest BCUT2D eigenvalue weighted by Gasteiger charge is 2.05. The molecule has 0 spiro atoms. The molecule has 0 amide bonds. The van der Waals surface area contributed by atoms with Crippen LogP contribution in [0.1, 0.15) is 0 Å². The van der Waals surface area contributed by atoms with Crippen molar-refractivity contribution in [1.82, 2.24) is 20.2 Å². The fourth-order valence-electron chi connectivity index (χ4n) is 1.82. The second kappa shape index (κ2) is 6.37. The molecule has 1 heterocycles. The van der Waals surface area contributed by atoms with Crippen molar-refractivity contribution < 1.29 is 4.74 Å². The van der Waals surface area contributed by atoms with Crippen molar-refractivity contribution in [3.05, 3.63) is 59.6 Å². The smallest absolute Gasteiger partial charge is 0.204 e. The highest BCUT2D eigenvalue weighted by atomic mass is 35.5. The second-order valence-electron chi connectivity index (χ2n) is 4.38. The van der Waals surface area contributed by atoms with Gasteiger partial charge >= 0.3 is 0 Å². The van der Waals surface area contributed by atoms with Gasteiger partial charge in [0.2, 0.25) is 5.82 Å². The van der Waals surface area contributed by atoms with Gasteiger partial charge in [-0.25, -0.2) is 0 Å². The van der Waals surface area contributed by atoms with Crippen molar-refractivity contribution in [2.45, 2.75) is 6.54 Å². The van der Waals surface area contributed by atoms with Crippen LogP contribution >= 0.6 is 11.6 Å². The van der Waals surface area contributed by atoms with E-state index in [1.165, 1.54) is 4.80 Å². The van der Waals surface area contributed by atoms with E-state index in [2.05, 4.69) is 15.4 Å². The second-order valence-corrected chi connectivity index (χ2v) is 4.81. The highest BCUT2D eigenvalue weighted by molar-refractivity contribution is 6.30. The molecule has 0 saturated carbocycles. The Morgan fingerprint density at radius 2 is 1.76 bits per heavy atom. The molecule has 3 rings (SSSR count). The standard InChI is InChI=1S/C15H13ClN4O/c16-13-6-8-14(9-7-13)21-11-10-20-18-15(17-19-20)12-4-2-1-3-5-12/h1-9H,10-11H2. The van der Waals surface area contributed by atoms with Gasteiger partial charge in [-0.1, -0.05) is 41.9 Å². The van der Waals surface area contributed by atoms with Crippen LogP contribution in [0.15, 0.2) is 54.6 Å². The van der Waals surface area contributed by atoms with Gasteiger partial charge in [0.15, 0.2) is 0 Å². The van der Waals surface area contributed by atoms with Crippen LogP contribution in [0, 0.1) is 0 Å². The number of hydrogen-bond acceptors (Lipinski definition) is 4. The lowest BCUT2D eigenvalue weighted by molar-refractivity contribution is 0.280. The zero-order chi connectivity index (χ0) is 14.5. The Bertz CT molecular complexity index is 697. The summed E-state index contributed by atoms with van der Waals surface area (Å²) in [4.78, 5) is 1.53. The van der Waals surface area contributed by atoms with Crippen LogP contribution in [0.4, 0.5) is 0 Å². The zero-order valence-corrected chi connectivity index (χ0v) is 11.9. The van der Waals surface area contributed by atoms with E-state index in [0.717, 1.165) is 11.3 Å². The maximum atomic E-state index is 5.81. The molecule has 6 heteroatoms. The Labute approximate surface area is 127 Å². The van der Waals surface area contributed by atoms with E-state index in [1.807, 2.05) is 42.5 Å². The molecule has 0 N–H and O–H groups in total. The molecule has 2 aromatic carbocycles. The predicted molar refractivity (Wildman–Crippen MR) is 80.2 cm³/mol. The van der Waals surface area contributed by atoms with Crippen molar-refractivity contribution in [1.29, 1.82) is 0 Å². The predicted octanol–water partition coefficient (Wildman–Crippen LogP) is 3.07. The van der Waals surface area contributed by atoms with E-state index in [1.54, 1.807) is 12.1 Å². The van der Waals surface area contributed by atoms with E-state index < -0.39 is 0 Å². The first-order valence-electron chi connectivity index (χ1n) is 6.53. The first kappa shape index (κ1) is 13.6. The third kappa shape index (κ3) is 3.58. The van der Waals surface area contributed by atoms with Gasteiger partial charge in [-0.05, 0) is 29.5 Å². The van der Waals surface area contributed by atoms with Gasteiger partial charge in [0.05, 0.1) is 6.54 Å². The number of nitrogens with zero attached hydrogens (tertiary/aromatic N) is 4. The number of halogens is 1. The van der Waals surface area contributed by atoms with Gasteiger partial charge < -0.3 is 4.74 Å². The molecule has 3 aromatic rings. The Morgan fingerprint density at radius 1 is 1.00 bits per heavy atom. The minimum atomic E-state index is 0.465. The first-order valence-corrected chi connectivity index (χ1v) is 6.91. The van der Waals surface area contributed by atoms with Crippen molar-refractivity contribution >= 4 is 11.6 Å². The van der Waals surface area contributed by atoms with Crippen LogP contribution in [0.2, 0.25) is 5.02 Å². The molecule has 0 saturated heterocycles. The van der Waals surface area contributed by atoms with Gasteiger partial charge in [-0.2, -0.15) is 4.80 Å². The molecule has 5 nitrogen and oxygen atoms in total. The SMILES string of the molecule is Clc1ccc(OCCn2nnc(-c3ccccc3)n2)cc1. The summed E-state index contributed by atoms with van der Waals surface area (Å²) in [6.45, 7) is 0.995. The topological polar surface area (TPSA) is 52.8 Å². The molecular weight excluding hydrogens is 288 g/mol. The quantitative estimate of drug-likeness (QED) is 0.726. The van der Waals surface area contributed by atoms with Crippen LogP contribution < -0.4 is 4.74 Å². The Kier molecular flexibility index (Phi) is 4.12. The van der Waals surface area contributed by atoms with Crippen LogP contribution in [-0.4, -0.2) is 26.8 Å². The van der Waals surface area contributed by atoms with Crippen molar-refractivity contribution in [3.8, 4) is 17.1 Å². The molecule has 1 aromatic heterocycles. The van der Waals surface area contributed by atoms with Crippen molar-refractivity contribution in [2.24, 2.45) is 0 Å². The molecular formula is C15H13ClN4O. The van der Waals surface area contributed by atoms with Crippen LogP contribution in [-0.2, 0) is 6.54 Å². The van der Waals surface area contributed by atoms with Crippen LogP contribution in [0.5, 0.6) is 5.75 Å². The minimum absolute atomic E-state index is 0.465. The summed E-state index contributed by atoms with van der Waals surface area (Å²) in [7, 11) is 0. The molecule has 0 aliphatic rings. The number of hydrogen-bond donors (Lipinski definition) is 0. The maximum Gasteiger partial charge on any atom is 0.204 e. The summed E-state index contributed by atoms with van der Waals surface area (Å²) in [5.41, 5.74) is 0.947. The average molecular weight is 301 g/mol. The molecule has 106 valence electrons. The van der Waals surface area contributed by atoms with Crippen LogP contribution in [0.3, 0.4) is 0 Å². The van der Waals surface area contributed by atoms with E-state index >= 15 is 0 Å². The summed E-state index contributed by atoms with van der Waals surface area (Å²) in [5, 5.41) is 13.1. The molecule has 0 unspecified atom stereocenters. The Hall–Kier alpha value is -2.40. The minimum Gasteiger partial charge on any atom is -0.492 e. The zero-order valence-electron chi connectivity index (χ0n) is 11.2. The van der Waals surface area contributed by atoms with Gasteiger partial charge in [0.1, 0.15) is 12.4 Å². The number of aromatic nitrogens is 4. The van der Waals surface area contributed by atoms with Crippen molar-refractivity contribution in [3.63, 3.8) is 0 Å². The maximum absolute atomic E-state index is 5.81. The molecule has 0 radical (unpaired) electrons. The fourth-order valence-corrected chi connectivity index (χ4v) is 1.94. The van der Waals surface area contributed by atoms with Gasteiger partial charge in [0.25, 0.3) is 0 Å². The van der Waals surface area contributed by atoms with Crippen LogP contribution in [0.25, 0.3) is 11.4 Å². The van der Waals surface area contributed by atoms with E-state index in [9.17, 15) is 0 Å². The largest absolute Gasteiger partial charge is 0.492 e. The summed E-state index contributed by atoms with van der Waals surface area (Å²) in [5.74, 6) is 1.38. The molecule has 0 bridgehead atoms. The van der Waals surface area contributed by atoms with E-state index in [4.69, 9.17) is 16.3 Å². The molecule has 0 aliphatic carbocycles. The normalized spacial score (nSPS) is 10.5. The lowest BCUT2D eigenvalue weighted by atomic mass is 10.2. The fraction of sp³-hybridized carbons (Fsp3) is 0.133.